The number of amidine groups is 1. The highest BCUT2D eigenvalue weighted by atomic mass is 35.5. The zero-order chi connectivity index (χ0) is 28.7. The van der Waals surface area contributed by atoms with Crippen LogP contribution in [0, 0.1) is 23.1 Å². The number of benzene rings is 1. The molecule has 39 heavy (non-hydrogen) atoms. The Bertz CT molecular complexity index is 1180. The number of nitrogens with two attached hydrogens (primary N) is 1. The Kier molecular flexibility index (Phi) is 11.2. The summed E-state index contributed by atoms with van der Waals surface area (Å²) in [6, 6.07) is 3.93. The van der Waals surface area contributed by atoms with E-state index in [-0.39, 0.29) is 40.8 Å². The molecule has 1 aromatic carbocycles. The van der Waals surface area contributed by atoms with Crippen molar-refractivity contribution < 1.29 is 18.3 Å². The van der Waals surface area contributed by atoms with Crippen LogP contribution in [0.5, 0.6) is 0 Å². The van der Waals surface area contributed by atoms with Crippen LogP contribution in [0.1, 0.15) is 58.6 Å². The van der Waals surface area contributed by atoms with Crippen molar-refractivity contribution in [1.29, 1.82) is 5.41 Å². The second-order valence-electron chi connectivity index (χ2n) is 9.98. The maximum Gasteiger partial charge on any atom is 0.404 e. The molecule has 5 unspecified atom stereocenters. The van der Waals surface area contributed by atoms with Crippen LogP contribution in [0.2, 0.25) is 5.02 Å². The predicted octanol–water partition coefficient (Wildman–Crippen LogP) is 7.61. The number of nitrogens with one attached hydrogen (secondary N) is 1. The van der Waals surface area contributed by atoms with Crippen LogP contribution in [0.25, 0.3) is 0 Å². The highest BCUT2D eigenvalue weighted by molar-refractivity contribution is 8.03. The van der Waals surface area contributed by atoms with Gasteiger partial charge in [0.25, 0.3) is 0 Å². The number of thioether (sulfide) groups is 1. The molecule has 2 aliphatic rings. The van der Waals surface area contributed by atoms with Crippen LogP contribution >= 0.6 is 23.4 Å². The van der Waals surface area contributed by atoms with E-state index in [1.165, 1.54) is 19.1 Å². The first-order valence-electron chi connectivity index (χ1n) is 13.2. The number of aliphatic imine (C=N–C) groups is 1. The maximum absolute atomic E-state index is 14.7. The number of ether oxygens (including phenoxy) is 1. The summed E-state index contributed by atoms with van der Waals surface area (Å²) < 4.78 is 33.3. The third kappa shape index (κ3) is 7.72. The van der Waals surface area contributed by atoms with E-state index in [4.69, 9.17) is 32.5 Å². The number of carbonyl (C=O) groups excluding carboxylic acids is 1. The summed E-state index contributed by atoms with van der Waals surface area (Å²) in [4.78, 5) is 18.7. The molecule has 10 heteroatoms. The lowest BCUT2D eigenvalue weighted by molar-refractivity contribution is 0.138. The minimum Gasteiger partial charge on any atom is -0.449 e. The first-order valence-corrected chi connectivity index (χ1v) is 14.5. The first-order chi connectivity index (χ1) is 18.6. The second-order valence-corrected chi connectivity index (χ2v) is 11.4. The van der Waals surface area contributed by atoms with Crippen LogP contribution in [0.15, 0.2) is 58.1 Å². The zero-order valence-electron chi connectivity index (χ0n) is 22.8. The standard InChI is InChI=1S/C29H37ClF2N4O2S/c1-5-12-39-27(17(3)6-2)28-35-26(20-10-11-21(30)22(32)14-20)25(23(33)9-7-8-18(4)31)24-13-19(15-36(24)28)16-38-29(34)37/h5,7,9-12,14,17-19,26-27,33H,6,8,13,15-16H2,1-4H3,(H2,34,37)/b9-7-,12-5-,33-23?. The van der Waals surface area contributed by atoms with E-state index in [2.05, 4.69) is 18.7 Å². The normalized spacial score (nSPS) is 21.7. The van der Waals surface area contributed by atoms with Gasteiger partial charge < -0.3 is 20.8 Å². The van der Waals surface area contributed by atoms with E-state index in [9.17, 15) is 13.6 Å². The van der Waals surface area contributed by atoms with Gasteiger partial charge in [0.05, 0.1) is 22.6 Å². The SMILES string of the molecule is C/C=C\SC(C1=NC(c2ccc(Cl)c(F)c2)C(C(=N)/C=C\CC(C)F)=C2CC(COC(N)=O)CN12)C(C)CC. The number of halogens is 3. The van der Waals surface area contributed by atoms with Gasteiger partial charge in [-0.1, -0.05) is 50.1 Å². The third-order valence-corrected chi connectivity index (χ3v) is 8.61. The summed E-state index contributed by atoms with van der Waals surface area (Å²) in [5, 5.41) is 11.0. The van der Waals surface area contributed by atoms with Crippen molar-refractivity contribution in [2.24, 2.45) is 22.6 Å². The molecule has 0 radical (unpaired) electrons. The van der Waals surface area contributed by atoms with Crippen molar-refractivity contribution in [3.05, 3.63) is 69.5 Å². The molecule has 2 aliphatic heterocycles. The number of rotatable bonds is 12. The monoisotopic (exact) mass is 578 g/mol. The van der Waals surface area contributed by atoms with Crippen LogP contribution in [0.3, 0.4) is 0 Å². The molecule has 1 fully saturated rings. The van der Waals surface area contributed by atoms with Gasteiger partial charge in [0.15, 0.2) is 0 Å². The summed E-state index contributed by atoms with van der Waals surface area (Å²) in [6.07, 6.45) is 4.94. The van der Waals surface area contributed by atoms with Gasteiger partial charge >= 0.3 is 6.09 Å². The van der Waals surface area contributed by atoms with Gasteiger partial charge in [0, 0.05) is 23.7 Å². The summed E-state index contributed by atoms with van der Waals surface area (Å²) in [5.41, 5.74) is 7.48. The van der Waals surface area contributed by atoms with E-state index < -0.39 is 24.1 Å². The fraction of sp³-hybridized carbons (Fsp3) is 0.483. The molecule has 0 saturated carbocycles. The number of alkyl halides is 1. The first kappa shape index (κ1) is 30.9. The summed E-state index contributed by atoms with van der Waals surface area (Å²) in [6.45, 7) is 8.40. The van der Waals surface area contributed by atoms with Gasteiger partial charge in [0.2, 0.25) is 0 Å². The predicted molar refractivity (Wildman–Crippen MR) is 157 cm³/mol. The Balaban J connectivity index is 2.20. The largest absolute Gasteiger partial charge is 0.449 e. The molecule has 2 heterocycles. The van der Waals surface area contributed by atoms with Gasteiger partial charge in [-0.25, -0.2) is 13.6 Å². The summed E-state index contributed by atoms with van der Waals surface area (Å²) in [5.74, 6) is 0.469. The molecular formula is C29H37ClF2N4O2S. The lowest BCUT2D eigenvalue weighted by Gasteiger charge is -2.38. The Morgan fingerprint density at radius 1 is 1.41 bits per heavy atom. The van der Waals surface area contributed by atoms with Crippen LogP contribution in [0.4, 0.5) is 13.6 Å². The number of nitrogens with zero attached hydrogens (tertiary/aromatic N) is 2. The minimum atomic E-state index is -1.04. The highest BCUT2D eigenvalue weighted by Gasteiger charge is 2.42. The highest BCUT2D eigenvalue weighted by Crippen LogP contribution is 2.44. The quantitative estimate of drug-likeness (QED) is 0.250. The van der Waals surface area contributed by atoms with E-state index in [1.54, 1.807) is 30.0 Å². The van der Waals surface area contributed by atoms with E-state index in [0.29, 0.717) is 24.1 Å². The average Bonchev–Trinajstić information content (AvgIpc) is 3.32. The van der Waals surface area contributed by atoms with Gasteiger partial charge in [-0.15, -0.1) is 11.8 Å². The average molecular weight is 579 g/mol. The van der Waals surface area contributed by atoms with Crippen molar-refractivity contribution in [2.45, 2.75) is 64.4 Å². The molecule has 0 aliphatic carbocycles. The molecule has 3 rings (SSSR count). The number of carbonyl (C=O) groups is 1. The zero-order valence-corrected chi connectivity index (χ0v) is 24.4. The molecule has 1 amide bonds. The molecule has 5 atom stereocenters. The topological polar surface area (TPSA) is 91.8 Å². The number of hydrogen-bond donors (Lipinski definition) is 2. The molecule has 1 saturated heterocycles. The fourth-order valence-corrected chi connectivity index (χ4v) is 6.00. The number of fused-ring (bicyclic) bond motifs is 1. The minimum absolute atomic E-state index is 0.00433. The van der Waals surface area contributed by atoms with Gasteiger partial charge in [0.1, 0.15) is 23.9 Å². The number of hydrogen-bond acceptors (Lipinski definition) is 6. The van der Waals surface area contributed by atoms with Crippen LogP contribution < -0.4 is 5.73 Å². The molecule has 0 aromatic heterocycles. The molecule has 0 spiro atoms. The number of allylic oxidation sites excluding steroid dienone is 4. The fourth-order valence-electron chi connectivity index (χ4n) is 4.78. The number of amides is 1. The second kappa shape index (κ2) is 14.1. The van der Waals surface area contributed by atoms with Crippen molar-refractivity contribution in [1.82, 2.24) is 4.90 Å². The molecular weight excluding hydrogens is 542 g/mol. The van der Waals surface area contributed by atoms with E-state index in [1.807, 2.05) is 18.4 Å². The lowest BCUT2D eigenvalue weighted by Crippen LogP contribution is -2.42. The molecule has 1 aromatic rings. The Labute approximate surface area is 238 Å². The number of primary amides is 1. The van der Waals surface area contributed by atoms with Crippen molar-refractivity contribution in [2.75, 3.05) is 13.2 Å². The Morgan fingerprint density at radius 3 is 2.77 bits per heavy atom. The molecule has 6 nitrogen and oxygen atoms in total. The van der Waals surface area contributed by atoms with Crippen molar-refractivity contribution in [3.8, 4) is 0 Å². The van der Waals surface area contributed by atoms with Gasteiger partial charge in [-0.2, -0.15) is 0 Å². The van der Waals surface area contributed by atoms with Crippen LogP contribution in [-0.2, 0) is 4.74 Å². The van der Waals surface area contributed by atoms with Crippen LogP contribution in [-0.4, -0.2) is 47.1 Å². The summed E-state index contributed by atoms with van der Waals surface area (Å²) in [7, 11) is 0. The Morgan fingerprint density at radius 2 is 2.15 bits per heavy atom. The van der Waals surface area contributed by atoms with E-state index >= 15 is 0 Å². The molecule has 0 bridgehead atoms. The van der Waals surface area contributed by atoms with E-state index in [0.717, 1.165) is 18.0 Å². The Hall–Kier alpha value is -2.65. The third-order valence-electron chi connectivity index (χ3n) is 6.90. The molecule has 212 valence electrons. The summed E-state index contributed by atoms with van der Waals surface area (Å²) >= 11 is 7.67. The van der Waals surface area contributed by atoms with Crippen molar-refractivity contribution in [3.63, 3.8) is 0 Å². The van der Waals surface area contributed by atoms with Crippen molar-refractivity contribution >= 4 is 41.0 Å². The lowest BCUT2D eigenvalue weighted by atomic mass is 9.89. The van der Waals surface area contributed by atoms with Gasteiger partial charge in [-0.05, 0) is 61.8 Å². The smallest absolute Gasteiger partial charge is 0.404 e. The van der Waals surface area contributed by atoms with Gasteiger partial charge in [-0.3, -0.25) is 4.99 Å². The molecule has 3 N–H and O–H groups in total. The maximum atomic E-state index is 14.7.